The molecule has 108 valence electrons. The van der Waals surface area contributed by atoms with Crippen molar-refractivity contribution in [3.8, 4) is 5.75 Å². The second kappa shape index (κ2) is 6.72. The van der Waals surface area contributed by atoms with E-state index >= 15 is 0 Å². The maximum Gasteiger partial charge on any atom is 0.264 e. The first-order chi connectivity index (χ1) is 9.60. The molecule has 1 unspecified atom stereocenters. The number of nitrogens with zero attached hydrogens (tertiary/aromatic N) is 2. The summed E-state index contributed by atoms with van der Waals surface area (Å²) in [5.41, 5.74) is 0.901. The second-order valence-corrected chi connectivity index (χ2v) is 5.06. The van der Waals surface area contributed by atoms with Gasteiger partial charge in [-0.25, -0.2) is 0 Å². The molecule has 0 saturated carbocycles. The Morgan fingerprint density at radius 1 is 1.45 bits per heavy atom. The van der Waals surface area contributed by atoms with Gasteiger partial charge in [0.15, 0.2) is 12.4 Å². The van der Waals surface area contributed by atoms with E-state index in [-0.39, 0.29) is 6.61 Å². The normalized spacial score (nSPS) is 12.4. The van der Waals surface area contributed by atoms with E-state index in [1.165, 1.54) is 0 Å². The highest BCUT2D eigenvalue weighted by Crippen LogP contribution is 2.25. The van der Waals surface area contributed by atoms with Crippen molar-refractivity contribution in [1.82, 2.24) is 15.5 Å². The lowest BCUT2D eigenvalue weighted by atomic mass is 10.2. The van der Waals surface area contributed by atoms with Gasteiger partial charge >= 0.3 is 0 Å². The number of hydrogen-bond acceptors (Lipinski definition) is 5. The van der Waals surface area contributed by atoms with Crippen molar-refractivity contribution in [2.45, 2.75) is 32.9 Å². The van der Waals surface area contributed by atoms with Crippen molar-refractivity contribution in [3.63, 3.8) is 0 Å². The lowest BCUT2D eigenvalue weighted by molar-refractivity contribution is 0.241. The molecule has 1 N–H and O–H groups in total. The van der Waals surface area contributed by atoms with Gasteiger partial charge in [0.05, 0.1) is 0 Å². The third-order valence-electron chi connectivity index (χ3n) is 3.06. The summed E-state index contributed by atoms with van der Waals surface area (Å²) >= 11 is 6.03. The zero-order valence-electron chi connectivity index (χ0n) is 11.8. The first-order valence-electron chi connectivity index (χ1n) is 6.46. The standard InChI is InChI=1S/C14H18ClN3O2/c1-9(16-3)7-13-17-14(20-18-13)8-19-12-6-4-5-11(15)10(12)2/h4-6,9,16H,7-8H2,1-3H3. The van der Waals surface area contributed by atoms with Crippen LogP contribution >= 0.6 is 11.6 Å². The molecule has 1 atom stereocenters. The molecule has 0 aliphatic carbocycles. The van der Waals surface area contributed by atoms with Crippen molar-refractivity contribution >= 4 is 11.6 Å². The van der Waals surface area contributed by atoms with Gasteiger partial charge in [0.25, 0.3) is 5.89 Å². The van der Waals surface area contributed by atoms with Gasteiger partial charge in [0, 0.05) is 23.0 Å². The van der Waals surface area contributed by atoms with E-state index in [1.807, 2.05) is 32.2 Å². The first-order valence-corrected chi connectivity index (χ1v) is 6.84. The molecule has 20 heavy (non-hydrogen) atoms. The van der Waals surface area contributed by atoms with Crippen LogP contribution < -0.4 is 10.1 Å². The zero-order chi connectivity index (χ0) is 14.5. The molecular weight excluding hydrogens is 278 g/mol. The largest absolute Gasteiger partial charge is 0.483 e. The number of halogens is 1. The molecule has 0 radical (unpaired) electrons. The molecule has 1 aromatic carbocycles. The predicted octanol–water partition coefficient (Wildman–Crippen LogP) is 2.76. The van der Waals surface area contributed by atoms with Crippen LogP contribution in [0.4, 0.5) is 0 Å². The SMILES string of the molecule is CNC(C)Cc1noc(COc2cccc(Cl)c2C)n1. The molecule has 2 aromatic rings. The lowest BCUT2D eigenvalue weighted by Crippen LogP contribution is -2.24. The monoisotopic (exact) mass is 295 g/mol. The van der Waals surface area contributed by atoms with Crippen LogP contribution in [0.25, 0.3) is 0 Å². The molecule has 0 bridgehead atoms. The Morgan fingerprint density at radius 2 is 2.25 bits per heavy atom. The fraction of sp³-hybridized carbons (Fsp3) is 0.429. The van der Waals surface area contributed by atoms with E-state index in [1.54, 1.807) is 0 Å². The van der Waals surface area contributed by atoms with E-state index < -0.39 is 0 Å². The van der Waals surface area contributed by atoms with Gasteiger partial charge in [-0.3, -0.25) is 0 Å². The van der Waals surface area contributed by atoms with E-state index in [0.717, 1.165) is 17.7 Å². The summed E-state index contributed by atoms with van der Waals surface area (Å²) < 4.78 is 10.8. The highest BCUT2D eigenvalue weighted by molar-refractivity contribution is 6.31. The number of rotatable bonds is 6. The molecular formula is C14H18ClN3O2. The van der Waals surface area contributed by atoms with Crippen LogP contribution in [0, 0.1) is 6.92 Å². The van der Waals surface area contributed by atoms with Crippen molar-refractivity contribution in [2.24, 2.45) is 0 Å². The maximum atomic E-state index is 6.03. The van der Waals surface area contributed by atoms with Crippen LogP contribution in [0.3, 0.4) is 0 Å². The molecule has 0 amide bonds. The Labute approximate surface area is 123 Å². The van der Waals surface area contributed by atoms with Gasteiger partial charge in [0.1, 0.15) is 5.75 Å². The minimum atomic E-state index is 0.238. The Kier molecular flexibility index (Phi) is 4.98. The number of nitrogens with one attached hydrogen (secondary N) is 1. The molecule has 0 aliphatic rings. The predicted molar refractivity (Wildman–Crippen MR) is 77.0 cm³/mol. The molecule has 1 heterocycles. The summed E-state index contributed by atoms with van der Waals surface area (Å²) in [6, 6.07) is 5.84. The Morgan fingerprint density at radius 3 is 3.00 bits per heavy atom. The zero-order valence-corrected chi connectivity index (χ0v) is 12.6. The van der Waals surface area contributed by atoms with Crippen LogP contribution in [-0.4, -0.2) is 23.2 Å². The summed E-state index contributed by atoms with van der Waals surface area (Å²) in [5.74, 6) is 1.86. The van der Waals surface area contributed by atoms with E-state index in [0.29, 0.717) is 22.8 Å². The third kappa shape index (κ3) is 3.71. The third-order valence-corrected chi connectivity index (χ3v) is 3.47. The van der Waals surface area contributed by atoms with Gasteiger partial charge < -0.3 is 14.6 Å². The van der Waals surface area contributed by atoms with Crippen LogP contribution in [0.1, 0.15) is 24.2 Å². The Hall–Kier alpha value is -1.59. The van der Waals surface area contributed by atoms with Crippen molar-refractivity contribution < 1.29 is 9.26 Å². The van der Waals surface area contributed by atoms with E-state index in [2.05, 4.69) is 22.4 Å². The van der Waals surface area contributed by atoms with Crippen LogP contribution in [0.2, 0.25) is 5.02 Å². The Balaban J connectivity index is 1.96. The molecule has 2 rings (SSSR count). The summed E-state index contributed by atoms with van der Waals surface area (Å²) in [7, 11) is 1.90. The molecule has 0 aliphatic heterocycles. The number of benzene rings is 1. The highest BCUT2D eigenvalue weighted by atomic mass is 35.5. The molecule has 0 spiro atoms. The summed E-state index contributed by atoms with van der Waals surface area (Å²) in [5, 5.41) is 7.73. The van der Waals surface area contributed by atoms with E-state index in [9.17, 15) is 0 Å². The topological polar surface area (TPSA) is 60.2 Å². The van der Waals surface area contributed by atoms with E-state index in [4.69, 9.17) is 20.9 Å². The van der Waals surface area contributed by atoms with Gasteiger partial charge in [-0.2, -0.15) is 4.98 Å². The average molecular weight is 296 g/mol. The summed E-state index contributed by atoms with van der Waals surface area (Å²) in [6.07, 6.45) is 0.718. The lowest BCUT2D eigenvalue weighted by Gasteiger charge is -2.07. The highest BCUT2D eigenvalue weighted by Gasteiger charge is 2.11. The molecule has 5 nitrogen and oxygen atoms in total. The fourth-order valence-corrected chi connectivity index (χ4v) is 1.86. The van der Waals surface area contributed by atoms with Crippen molar-refractivity contribution in [3.05, 3.63) is 40.5 Å². The summed E-state index contributed by atoms with van der Waals surface area (Å²) in [4.78, 5) is 4.29. The van der Waals surface area contributed by atoms with Crippen LogP contribution in [0.15, 0.2) is 22.7 Å². The van der Waals surface area contributed by atoms with Crippen LogP contribution in [-0.2, 0) is 13.0 Å². The number of hydrogen-bond donors (Lipinski definition) is 1. The smallest absolute Gasteiger partial charge is 0.264 e. The number of ether oxygens (including phenoxy) is 1. The van der Waals surface area contributed by atoms with Gasteiger partial charge in [-0.15, -0.1) is 0 Å². The number of likely N-dealkylation sites (N-methyl/N-ethyl adjacent to an activating group) is 1. The average Bonchev–Trinajstić information content (AvgIpc) is 2.88. The van der Waals surface area contributed by atoms with Gasteiger partial charge in [-0.1, -0.05) is 22.8 Å². The molecule has 0 saturated heterocycles. The maximum absolute atomic E-state index is 6.03. The van der Waals surface area contributed by atoms with Crippen LogP contribution in [0.5, 0.6) is 5.75 Å². The minimum absolute atomic E-state index is 0.238. The van der Waals surface area contributed by atoms with Gasteiger partial charge in [-0.05, 0) is 33.0 Å². The Bertz CT molecular complexity index is 571. The van der Waals surface area contributed by atoms with Gasteiger partial charge in [0.2, 0.25) is 0 Å². The number of aromatic nitrogens is 2. The molecule has 0 fully saturated rings. The first kappa shape index (κ1) is 14.8. The quantitative estimate of drug-likeness (QED) is 0.888. The fourth-order valence-electron chi connectivity index (χ4n) is 1.69. The minimum Gasteiger partial charge on any atom is -0.483 e. The van der Waals surface area contributed by atoms with Crippen molar-refractivity contribution in [2.75, 3.05) is 7.05 Å². The molecule has 1 aromatic heterocycles. The van der Waals surface area contributed by atoms with Crippen molar-refractivity contribution in [1.29, 1.82) is 0 Å². The second-order valence-electron chi connectivity index (χ2n) is 4.65. The summed E-state index contributed by atoms with van der Waals surface area (Å²) in [6.45, 7) is 4.20. The molecule has 6 heteroatoms.